The summed E-state index contributed by atoms with van der Waals surface area (Å²) >= 11 is 0. The maximum absolute atomic E-state index is 13.4. The van der Waals surface area contributed by atoms with Crippen LogP contribution in [0.4, 0.5) is 13.2 Å². The number of nitrogens with two attached hydrogens (primary N) is 1. The predicted octanol–water partition coefficient (Wildman–Crippen LogP) is 2.35. The summed E-state index contributed by atoms with van der Waals surface area (Å²) in [6.45, 7) is 3.87. The molecule has 6 heteroatoms. The molecule has 0 spiro atoms. The molecule has 0 aliphatic rings. The normalized spacial score (nSPS) is 11.5. The Hall–Kier alpha value is -1.56. The number of carbonyl (C=O) groups is 1. The van der Waals surface area contributed by atoms with Crippen LogP contribution in [0.5, 0.6) is 0 Å². The second kappa shape index (κ2) is 6.06. The monoisotopic (exact) mass is 274 g/mol. The van der Waals surface area contributed by atoms with Gasteiger partial charge in [-0.2, -0.15) is 0 Å². The second-order valence-electron chi connectivity index (χ2n) is 4.48. The van der Waals surface area contributed by atoms with Gasteiger partial charge in [-0.15, -0.1) is 0 Å². The van der Waals surface area contributed by atoms with Gasteiger partial charge in [0.1, 0.15) is 0 Å². The van der Waals surface area contributed by atoms with Gasteiger partial charge in [0.25, 0.3) is 5.91 Å². The first-order valence-electron chi connectivity index (χ1n) is 6.05. The molecule has 0 unspecified atom stereocenters. The summed E-state index contributed by atoms with van der Waals surface area (Å²) in [5.41, 5.74) is 4.85. The van der Waals surface area contributed by atoms with Crippen molar-refractivity contribution in [3.8, 4) is 0 Å². The van der Waals surface area contributed by atoms with E-state index in [9.17, 15) is 18.0 Å². The van der Waals surface area contributed by atoms with Crippen LogP contribution in [0.25, 0.3) is 0 Å². The molecular weight excluding hydrogens is 257 g/mol. The minimum absolute atomic E-state index is 0.136. The van der Waals surface area contributed by atoms with Gasteiger partial charge >= 0.3 is 0 Å². The molecule has 19 heavy (non-hydrogen) atoms. The summed E-state index contributed by atoms with van der Waals surface area (Å²) in [6, 6.07) is 1.61. The molecule has 0 aliphatic carbocycles. The molecule has 0 radical (unpaired) electrons. The number of rotatable bonds is 5. The van der Waals surface area contributed by atoms with E-state index in [4.69, 9.17) is 5.73 Å². The zero-order chi connectivity index (χ0) is 14.6. The molecule has 0 bridgehead atoms. The van der Waals surface area contributed by atoms with Gasteiger partial charge < -0.3 is 11.1 Å². The zero-order valence-electron chi connectivity index (χ0n) is 10.9. The van der Waals surface area contributed by atoms with E-state index in [1.54, 1.807) is 0 Å². The smallest absolute Gasteiger partial charge is 0.254 e. The molecule has 1 aromatic carbocycles. The van der Waals surface area contributed by atoms with Gasteiger partial charge in [-0.25, -0.2) is 13.2 Å². The summed E-state index contributed by atoms with van der Waals surface area (Å²) in [5, 5.41) is 2.44. The number of nitrogens with one attached hydrogen (secondary N) is 1. The minimum atomic E-state index is -1.65. The van der Waals surface area contributed by atoms with E-state index in [0.717, 1.165) is 6.07 Å². The number of hydrogen-bond acceptors (Lipinski definition) is 2. The Balaban J connectivity index is 2.83. The molecule has 0 saturated carbocycles. The van der Waals surface area contributed by atoms with Crippen LogP contribution >= 0.6 is 0 Å². The lowest BCUT2D eigenvalue weighted by Gasteiger charge is -2.26. The van der Waals surface area contributed by atoms with Gasteiger partial charge in [0, 0.05) is 12.1 Å². The molecule has 1 rings (SSSR count). The van der Waals surface area contributed by atoms with Crippen LogP contribution in [-0.4, -0.2) is 18.0 Å². The first kappa shape index (κ1) is 15.5. The van der Waals surface area contributed by atoms with Crippen LogP contribution in [0.3, 0.4) is 0 Å². The average molecular weight is 274 g/mol. The molecule has 106 valence electrons. The van der Waals surface area contributed by atoms with Crippen molar-refractivity contribution in [1.29, 1.82) is 0 Å². The van der Waals surface area contributed by atoms with Gasteiger partial charge in [-0.1, -0.05) is 13.8 Å². The lowest BCUT2D eigenvalue weighted by atomic mass is 9.94. The Morgan fingerprint density at radius 2 is 1.79 bits per heavy atom. The first-order valence-corrected chi connectivity index (χ1v) is 6.05. The Kier molecular flexibility index (Phi) is 4.94. The largest absolute Gasteiger partial charge is 0.350 e. The van der Waals surface area contributed by atoms with Gasteiger partial charge in [0.15, 0.2) is 17.5 Å². The van der Waals surface area contributed by atoms with Crippen LogP contribution in [0.1, 0.15) is 37.0 Å². The SMILES string of the molecule is CCC(N)(CC)CNC(=O)c1ccc(F)c(F)c1F. The van der Waals surface area contributed by atoms with E-state index in [-0.39, 0.29) is 6.54 Å². The third-order valence-electron chi connectivity index (χ3n) is 3.29. The van der Waals surface area contributed by atoms with Crippen molar-refractivity contribution in [2.45, 2.75) is 32.2 Å². The topological polar surface area (TPSA) is 55.1 Å². The van der Waals surface area contributed by atoms with E-state index < -0.39 is 34.5 Å². The van der Waals surface area contributed by atoms with Crippen molar-refractivity contribution in [3.63, 3.8) is 0 Å². The van der Waals surface area contributed by atoms with Gasteiger partial charge in [-0.3, -0.25) is 4.79 Å². The Morgan fingerprint density at radius 3 is 2.32 bits per heavy atom. The Labute approximate surface area is 110 Å². The van der Waals surface area contributed by atoms with E-state index >= 15 is 0 Å². The maximum atomic E-state index is 13.4. The number of carbonyl (C=O) groups excluding carboxylic acids is 1. The van der Waals surface area contributed by atoms with E-state index in [1.807, 2.05) is 13.8 Å². The summed E-state index contributed by atoms with van der Waals surface area (Å²) in [5.74, 6) is -5.29. The molecule has 3 N–H and O–H groups in total. The van der Waals surface area contributed by atoms with Crippen molar-refractivity contribution in [1.82, 2.24) is 5.32 Å². The fraction of sp³-hybridized carbons (Fsp3) is 0.462. The summed E-state index contributed by atoms with van der Waals surface area (Å²) < 4.78 is 39.1. The highest BCUT2D eigenvalue weighted by Crippen LogP contribution is 2.15. The predicted molar refractivity (Wildman–Crippen MR) is 66.1 cm³/mol. The molecule has 0 atom stereocenters. The highest BCUT2D eigenvalue weighted by molar-refractivity contribution is 5.94. The van der Waals surface area contributed by atoms with Gasteiger partial charge in [0.05, 0.1) is 5.56 Å². The third-order valence-corrected chi connectivity index (χ3v) is 3.29. The van der Waals surface area contributed by atoms with Crippen molar-refractivity contribution >= 4 is 5.91 Å². The van der Waals surface area contributed by atoms with E-state index in [2.05, 4.69) is 5.32 Å². The van der Waals surface area contributed by atoms with Crippen LogP contribution in [0.15, 0.2) is 12.1 Å². The minimum Gasteiger partial charge on any atom is -0.350 e. The van der Waals surface area contributed by atoms with E-state index in [0.29, 0.717) is 18.9 Å². The van der Waals surface area contributed by atoms with Gasteiger partial charge in [0.2, 0.25) is 0 Å². The molecule has 3 nitrogen and oxygen atoms in total. The molecular formula is C13H17F3N2O. The number of halogens is 3. The van der Waals surface area contributed by atoms with Crippen molar-refractivity contribution in [2.24, 2.45) is 5.73 Å². The van der Waals surface area contributed by atoms with Crippen LogP contribution in [0, 0.1) is 17.5 Å². The lowest BCUT2D eigenvalue weighted by Crippen LogP contribution is -2.49. The van der Waals surface area contributed by atoms with Crippen molar-refractivity contribution < 1.29 is 18.0 Å². The Morgan fingerprint density at radius 1 is 1.21 bits per heavy atom. The summed E-state index contributed by atoms with van der Waals surface area (Å²) in [7, 11) is 0. The molecule has 0 saturated heterocycles. The molecule has 0 fully saturated rings. The fourth-order valence-corrected chi connectivity index (χ4v) is 1.55. The van der Waals surface area contributed by atoms with Crippen molar-refractivity contribution in [2.75, 3.05) is 6.54 Å². The van der Waals surface area contributed by atoms with E-state index in [1.165, 1.54) is 0 Å². The van der Waals surface area contributed by atoms with Crippen LogP contribution < -0.4 is 11.1 Å². The molecule has 0 aliphatic heterocycles. The van der Waals surface area contributed by atoms with Crippen LogP contribution in [-0.2, 0) is 0 Å². The number of hydrogen-bond donors (Lipinski definition) is 2. The molecule has 1 amide bonds. The van der Waals surface area contributed by atoms with Crippen molar-refractivity contribution in [3.05, 3.63) is 35.1 Å². The summed E-state index contributed by atoms with van der Waals surface area (Å²) in [4.78, 5) is 11.7. The third kappa shape index (κ3) is 3.47. The summed E-state index contributed by atoms with van der Waals surface area (Å²) in [6.07, 6.45) is 1.26. The molecule has 0 heterocycles. The second-order valence-corrected chi connectivity index (χ2v) is 4.48. The maximum Gasteiger partial charge on any atom is 0.254 e. The highest BCUT2D eigenvalue weighted by atomic mass is 19.2. The number of amides is 1. The average Bonchev–Trinajstić information content (AvgIpc) is 2.42. The highest BCUT2D eigenvalue weighted by Gasteiger charge is 2.23. The quantitative estimate of drug-likeness (QED) is 0.810. The Bertz CT molecular complexity index is 473. The standard InChI is InChI=1S/C13H17F3N2O/c1-3-13(17,4-2)7-18-12(19)8-5-6-9(14)11(16)10(8)15/h5-6H,3-4,7,17H2,1-2H3,(H,18,19). The molecule has 0 aromatic heterocycles. The zero-order valence-corrected chi connectivity index (χ0v) is 10.9. The lowest BCUT2D eigenvalue weighted by molar-refractivity contribution is 0.0937. The molecule has 1 aromatic rings. The number of benzene rings is 1. The fourth-order valence-electron chi connectivity index (χ4n) is 1.55. The first-order chi connectivity index (χ1) is 8.84. The van der Waals surface area contributed by atoms with Crippen LogP contribution in [0.2, 0.25) is 0 Å². The van der Waals surface area contributed by atoms with Gasteiger partial charge in [-0.05, 0) is 25.0 Å².